The van der Waals surface area contributed by atoms with E-state index in [1.54, 1.807) is 14.0 Å². The minimum atomic E-state index is -3.16. The van der Waals surface area contributed by atoms with Gasteiger partial charge in [-0.2, -0.15) is 4.31 Å². The SMILES string of the molecule is CCS(=O)(=O)N(C)C1CCCCC1O. The van der Waals surface area contributed by atoms with Crippen molar-refractivity contribution in [2.45, 2.75) is 44.8 Å². The van der Waals surface area contributed by atoms with E-state index in [0.717, 1.165) is 19.3 Å². The maximum atomic E-state index is 11.6. The second-order valence-corrected chi connectivity index (χ2v) is 6.15. The van der Waals surface area contributed by atoms with Crippen molar-refractivity contribution in [2.75, 3.05) is 12.8 Å². The van der Waals surface area contributed by atoms with Crippen molar-refractivity contribution in [3.8, 4) is 0 Å². The third-order valence-corrected chi connectivity index (χ3v) is 4.84. The highest BCUT2D eigenvalue weighted by Gasteiger charge is 2.32. The number of aliphatic hydroxyl groups excluding tert-OH is 1. The molecule has 4 nitrogen and oxygen atoms in total. The molecule has 2 unspecified atom stereocenters. The fraction of sp³-hybridized carbons (Fsp3) is 1.00. The van der Waals surface area contributed by atoms with Crippen LogP contribution < -0.4 is 0 Å². The monoisotopic (exact) mass is 221 g/mol. The highest BCUT2D eigenvalue weighted by atomic mass is 32.2. The van der Waals surface area contributed by atoms with Gasteiger partial charge < -0.3 is 5.11 Å². The lowest BCUT2D eigenvalue weighted by atomic mass is 9.93. The summed E-state index contributed by atoms with van der Waals surface area (Å²) in [6, 6.07) is -0.214. The first kappa shape index (κ1) is 11.9. The molecule has 1 N–H and O–H groups in total. The van der Waals surface area contributed by atoms with E-state index in [2.05, 4.69) is 0 Å². The largest absolute Gasteiger partial charge is 0.391 e. The maximum absolute atomic E-state index is 11.6. The topological polar surface area (TPSA) is 57.6 Å². The molecule has 0 bridgehead atoms. The molecule has 0 heterocycles. The smallest absolute Gasteiger partial charge is 0.213 e. The van der Waals surface area contributed by atoms with E-state index in [9.17, 15) is 13.5 Å². The molecule has 0 aromatic carbocycles. The van der Waals surface area contributed by atoms with Crippen molar-refractivity contribution in [1.82, 2.24) is 4.31 Å². The van der Waals surface area contributed by atoms with Crippen LogP contribution in [0.15, 0.2) is 0 Å². The van der Waals surface area contributed by atoms with Crippen molar-refractivity contribution in [3.05, 3.63) is 0 Å². The van der Waals surface area contributed by atoms with E-state index in [-0.39, 0.29) is 11.8 Å². The summed E-state index contributed by atoms with van der Waals surface area (Å²) < 4.78 is 24.5. The Hall–Kier alpha value is -0.130. The van der Waals surface area contributed by atoms with Crippen molar-refractivity contribution < 1.29 is 13.5 Å². The summed E-state index contributed by atoms with van der Waals surface area (Å²) >= 11 is 0. The lowest BCUT2D eigenvalue weighted by Gasteiger charge is -2.34. The van der Waals surface area contributed by atoms with Crippen molar-refractivity contribution in [2.24, 2.45) is 0 Å². The van der Waals surface area contributed by atoms with Crippen LogP contribution in [-0.4, -0.2) is 42.8 Å². The van der Waals surface area contributed by atoms with Gasteiger partial charge in [0.15, 0.2) is 0 Å². The lowest BCUT2D eigenvalue weighted by molar-refractivity contribution is 0.0638. The van der Waals surface area contributed by atoms with Crippen molar-refractivity contribution in [1.29, 1.82) is 0 Å². The van der Waals surface area contributed by atoms with Crippen LogP contribution in [0.1, 0.15) is 32.6 Å². The summed E-state index contributed by atoms with van der Waals surface area (Å²) in [5.41, 5.74) is 0. The molecular formula is C9H19NO3S. The Balaban J connectivity index is 2.72. The van der Waals surface area contributed by atoms with Crippen LogP contribution in [0.25, 0.3) is 0 Å². The van der Waals surface area contributed by atoms with Gasteiger partial charge in [-0.15, -0.1) is 0 Å². The Morgan fingerprint density at radius 3 is 2.43 bits per heavy atom. The zero-order valence-corrected chi connectivity index (χ0v) is 9.63. The predicted octanol–water partition coefficient (Wildman–Crippen LogP) is 0.571. The zero-order valence-electron chi connectivity index (χ0n) is 8.81. The van der Waals surface area contributed by atoms with Gasteiger partial charge in [-0.25, -0.2) is 8.42 Å². The predicted molar refractivity (Wildman–Crippen MR) is 55.5 cm³/mol. The number of sulfonamides is 1. The third kappa shape index (κ3) is 2.46. The molecule has 1 rings (SSSR count). The summed E-state index contributed by atoms with van der Waals surface area (Å²) in [7, 11) is -1.59. The van der Waals surface area contributed by atoms with Crippen LogP contribution in [0.4, 0.5) is 0 Å². The molecule has 14 heavy (non-hydrogen) atoms. The average Bonchev–Trinajstić information content (AvgIpc) is 2.17. The molecule has 5 heteroatoms. The van der Waals surface area contributed by atoms with Crippen LogP contribution in [0.3, 0.4) is 0 Å². The normalized spacial score (nSPS) is 29.4. The number of likely N-dealkylation sites (N-methyl/N-ethyl adjacent to an activating group) is 1. The van der Waals surface area contributed by atoms with E-state index in [1.165, 1.54) is 4.31 Å². The molecule has 2 atom stereocenters. The van der Waals surface area contributed by atoms with E-state index < -0.39 is 16.1 Å². The molecule has 0 aliphatic heterocycles. The van der Waals surface area contributed by atoms with Gasteiger partial charge in [-0.05, 0) is 19.8 Å². The minimum absolute atomic E-state index is 0.104. The van der Waals surface area contributed by atoms with Crippen LogP contribution >= 0.6 is 0 Å². The molecule has 0 aromatic rings. The minimum Gasteiger partial charge on any atom is -0.391 e. The van der Waals surface area contributed by atoms with Gasteiger partial charge in [-0.3, -0.25) is 0 Å². The molecule has 1 aliphatic rings. The van der Waals surface area contributed by atoms with Gasteiger partial charge >= 0.3 is 0 Å². The summed E-state index contributed by atoms with van der Waals surface area (Å²) in [4.78, 5) is 0. The highest BCUT2D eigenvalue weighted by Crippen LogP contribution is 2.24. The Kier molecular flexibility index (Phi) is 3.92. The Morgan fingerprint density at radius 2 is 1.93 bits per heavy atom. The van der Waals surface area contributed by atoms with Gasteiger partial charge in [0.2, 0.25) is 10.0 Å². The van der Waals surface area contributed by atoms with Crippen molar-refractivity contribution in [3.63, 3.8) is 0 Å². The fourth-order valence-corrected chi connectivity index (χ4v) is 2.99. The van der Waals surface area contributed by atoms with Crippen LogP contribution in [-0.2, 0) is 10.0 Å². The first-order valence-electron chi connectivity index (χ1n) is 5.13. The molecule has 0 aromatic heterocycles. The first-order valence-corrected chi connectivity index (χ1v) is 6.73. The number of rotatable bonds is 3. The number of hydrogen-bond acceptors (Lipinski definition) is 3. The quantitative estimate of drug-likeness (QED) is 0.758. The van der Waals surface area contributed by atoms with Gasteiger partial charge in [0.05, 0.1) is 17.9 Å². The first-order chi connectivity index (χ1) is 6.49. The second-order valence-electron chi connectivity index (χ2n) is 3.84. The molecule has 0 saturated heterocycles. The van der Waals surface area contributed by atoms with Crippen LogP contribution in [0.2, 0.25) is 0 Å². The second kappa shape index (κ2) is 4.59. The van der Waals surface area contributed by atoms with Gasteiger partial charge in [0, 0.05) is 7.05 Å². The number of hydrogen-bond donors (Lipinski definition) is 1. The molecule has 84 valence electrons. The maximum Gasteiger partial charge on any atom is 0.213 e. The van der Waals surface area contributed by atoms with E-state index >= 15 is 0 Å². The number of nitrogens with zero attached hydrogens (tertiary/aromatic N) is 1. The Labute approximate surface area is 86.0 Å². The summed E-state index contributed by atoms with van der Waals surface area (Å²) in [5.74, 6) is 0.104. The van der Waals surface area contributed by atoms with Gasteiger partial charge in [0.25, 0.3) is 0 Å². The molecule has 1 aliphatic carbocycles. The standard InChI is InChI=1S/C9H19NO3S/c1-3-14(12,13)10(2)8-6-4-5-7-9(8)11/h8-9,11H,3-7H2,1-2H3. The van der Waals surface area contributed by atoms with Crippen molar-refractivity contribution >= 4 is 10.0 Å². The molecule has 0 spiro atoms. The van der Waals surface area contributed by atoms with Crippen LogP contribution in [0.5, 0.6) is 0 Å². The Morgan fingerprint density at radius 1 is 1.36 bits per heavy atom. The molecule has 1 saturated carbocycles. The summed E-state index contributed by atoms with van der Waals surface area (Å²) in [6.07, 6.45) is 3.00. The Bertz CT molecular complexity index is 276. The molecule has 0 amide bonds. The highest BCUT2D eigenvalue weighted by molar-refractivity contribution is 7.89. The summed E-state index contributed by atoms with van der Waals surface area (Å²) in [6.45, 7) is 1.63. The van der Waals surface area contributed by atoms with Crippen LogP contribution in [0, 0.1) is 0 Å². The van der Waals surface area contributed by atoms with E-state index in [4.69, 9.17) is 0 Å². The third-order valence-electron chi connectivity index (χ3n) is 2.96. The average molecular weight is 221 g/mol. The zero-order chi connectivity index (χ0) is 10.8. The molecular weight excluding hydrogens is 202 g/mol. The lowest BCUT2D eigenvalue weighted by Crippen LogP contribution is -2.46. The summed E-state index contributed by atoms with van der Waals surface area (Å²) in [5, 5.41) is 9.69. The van der Waals surface area contributed by atoms with E-state index in [1.807, 2.05) is 0 Å². The molecule has 1 fully saturated rings. The van der Waals surface area contributed by atoms with E-state index in [0.29, 0.717) is 6.42 Å². The molecule has 0 radical (unpaired) electrons. The number of aliphatic hydroxyl groups is 1. The fourth-order valence-electron chi connectivity index (χ4n) is 1.93. The van der Waals surface area contributed by atoms with Gasteiger partial charge in [0.1, 0.15) is 0 Å². The van der Waals surface area contributed by atoms with Gasteiger partial charge in [-0.1, -0.05) is 12.8 Å².